The number of alkyl halides is 3. The molecular weight excluding hydrogens is 321 g/mol. The summed E-state index contributed by atoms with van der Waals surface area (Å²) >= 11 is 0. The summed E-state index contributed by atoms with van der Waals surface area (Å²) in [5.41, 5.74) is 0.690. The second kappa shape index (κ2) is 5.15. The molecule has 0 radical (unpaired) electrons. The van der Waals surface area contributed by atoms with Crippen LogP contribution in [0.2, 0.25) is 0 Å². The molecule has 4 rings (SSSR count). The first-order valence-electron chi connectivity index (χ1n) is 6.90. The quantitative estimate of drug-likeness (QED) is 0.586. The Morgan fingerprint density at radius 2 is 1.79 bits per heavy atom. The van der Waals surface area contributed by atoms with E-state index in [9.17, 15) is 13.2 Å². The Kier molecular flexibility index (Phi) is 3.08. The third kappa shape index (κ3) is 2.39. The van der Waals surface area contributed by atoms with Crippen LogP contribution in [-0.2, 0) is 6.18 Å². The lowest BCUT2D eigenvalue weighted by atomic mass is 10.1. The van der Waals surface area contributed by atoms with Gasteiger partial charge in [0.05, 0.1) is 0 Å². The van der Waals surface area contributed by atoms with Gasteiger partial charge >= 0.3 is 6.18 Å². The van der Waals surface area contributed by atoms with E-state index in [1.165, 1.54) is 24.5 Å². The van der Waals surface area contributed by atoms with Crippen molar-refractivity contribution in [3.8, 4) is 0 Å². The van der Waals surface area contributed by atoms with Gasteiger partial charge in [-0.05, 0) is 23.6 Å². The van der Waals surface area contributed by atoms with Gasteiger partial charge in [0.2, 0.25) is 5.65 Å². The lowest BCUT2D eigenvalue weighted by Gasteiger charge is -2.10. The summed E-state index contributed by atoms with van der Waals surface area (Å²) in [4.78, 5) is 11.7. The van der Waals surface area contributed by atoms with E-state index in [0.29, 0.717) is 28.1 Å². The number of aromatic nitrogens is 5. The molecule has 0 atom stereocenters. The molecule has 0 unspecified atom stereocenters. The van der Waals surface area contributed by atoms with Gasteiger partial charge in [-0.25, -0.2) is 9.97 Å². The first kappa shape index (κ1) is 14.4. The summed E-state index contributed by atoms with van der Waals surface area (Å²) in [5, 5.41) is 10.3. The van der Waals surface area contributed by atoms with E-state index >= 15 is 0 Å². The fourth-order valence-electron chi connectivity index (χ4n) is 2.46. The van der Waals surface area contributed by atoms with Crippen molar-refractivity contribution in [2.45, 2.75) is 6.18 Å². The largest absolute Gasteiger partial charge is 0.433 e. The first-order valence-corrected chi connectivity index (χ1v) is 6.90. The van der Waals surface area contributed by atoms with Crippen LogP contribution in [0.3, 0.4) is 0 Å². The van der Waals surface area contributed by atoms with Crippen LogP contribution in [0.5, 0.6) is 0 Å². The third-order valence-corrected chi connectivity index (χ3v) is 3.49. The molecule has 0 spiro atoms. The van der Waals surface area contributed by atoms with E-state index in [4.69, 9.17) is 0 Å². The monoisotopic (exact) mass is 330 g/mol. The number of hydrogen-bond donors (Lipinski definition) is 2. The topological polar surface area (TPSA) is 79.4 Å². The maximum atomic E-state index is 13.0. The highest BCUT2D eigenvalue weighted by Gasteiger charge is 2.34. The number of anilines is 2. The number of aromatic amines is 1. The van der Waals surface area contributed by atoms with Gasteiger partial charge in [-0.3, -0.25) is 10.1 Å². The zero-order valence-electron chi connectivity index (χ0n) is 12.0. The number of nitrogens with zero attached hydrogens (tertiary/aromatic N) is 4. The fraction of sp³-hybridized carbons (Fsp3) is 0.0667. The molecule has 0 aliphatic rings. The normalized spacial score (nSPS) is 12.0. The van der Waals surface area contributed by atoms with Crippen LogP contribution in [0.15, 0.2) is 42.9 Å². The minimum absolute atomic E-state index is 0.0461. The second-order valence-corrected chi connectivity index (χ2v) is 5.05. The van der Waals surface area contributed by atoms with Crippen molar-refractivity contribution >= 4 is 33.4 Å². The van der Waals surface area contributed by atoms with Crippen LogP contribution in [0, 0.1) is 0 Å². The summed E-state index contributed by atoms with van der Waals surface area (Å²) in [6.45, 7) is 0. The van der Waals surface area contributed by atoms with Gasteiger partial charge in [-0.1, -0.05) is 6.07 Å². The van der Waals surface area contributed by atoms with Crippen molar-refractivity contribution < 1.29 is 13.2 Å². The van der Waals surface area contributed by atoms with Crippen LogP contribution in [-0.4, -0.2) is 25.1 Å². The van der Waals surface area contributed by atoms with E-state index in [1.54, 1.807) is 12.1 Å². The lowest BCUT2D eigenvalue weighted by molar-refractivity contribution is -0.139. The standard InChI is InChI=1S/C15H9F3N6/c16-15(17,18)12-10-2-1-9(7-8(10)3-4-20-12)22-14-11-13(23-24-14)21-6-5-19-11/h1-7H,(H2,21,22,23,24). The number of pyridine rings is 1. The summed E-state index contributed by atoms with van der Waals surface area (Å²) in [6, 6.07) is 6.07. The Bertz CT molecular complexity index is 1040. The molecule has 6 nitrogen and oxygen atoms in total. The number of H-pyrrole nitrogens is 1. The maximum Gasteiger partial charge on any atom is 0.433 e. The third-order valence-electron chi connectivity index (χ3n) is 3.49. The van der Waals surface area contributed by atoms with Gasteiger partial charge in [0.25, 0.3) is 0 Å². The Labute approximate surface area is 132 Å². The number of rotatable bonds is 2. The molecule has 4 aromatic rings. The van der Waals surface area contributed by atoms with E-state index < -0.39 is 11.9 Å². The molecule has 0 amide bonds. The molecule has 24 heavy (non-hydrogen) atoms. The SMILES string of the molecule is FC(F)(F)c1nccc2cc(Nc3[nH]nc4nccnc34)ccc12. The number of hydrogen-bond acceptors (Lipinski definition) is 5. The minimum Gasteiger partial charge on any atom is -0.339 e. The Morgan fingerprint density at radius 3 is 2.62 bits per heavy atom. The van der Waals surface area contributed by atoms with Gasteiger partial charge in [0, 0.05) is 29.7 Å². The van der Waals surface area contributed by atoms with E-state index in [0.717, 1.165) is 6.20 Å². The Balaban J connectivity index is 1.76. The molecule has 0 aliphatic carbocycles. The highest BCUT2D eigenvalue weighted by molar-refractivity contribution is 5.90. The second-order valence-electron chi connectivity index (χ2n) is 5.05. The Morgan fingerprint density at radius 1 is 0.958 bits per heavy atom. The molecule has 0 saturated heterocycles. The van der Waals surface area contributed by atoms with Gasteiger partial charge in [-0.15, -0.1) is 0 Å². The maximum absolute atomic E-state index is 13.0. The average Bonchev–Trinajstić information content (AvgIpc) is 2.96. The molecule has 3 aromatic heterocycles. The smallest absolute Gasteiger partial charge is 0.339 e. The van der Waals surface area contributed by atoms with Crippen molar-refractivity contribution in [2.75, 3.05) is 5.32 Å². The number of fused-ring (bicyclic) bond motifs is 2. The number of nitrogens with one attached hydrogen (secondary N) is 2. The van der Waals surface area contributed by atoms with Crippen LogP contribution >= 0.6 is 0 Å². The molecule has 9 heteroatoms. The summed E-state index contributed by atoms with van der Waals surface area (Å²) in [5.74, 6) is 0.516. The van der Waals surface area contributed by atoms with E-state index in [1.807, 2.05) is 0 Å². The zero-order valence-corrected chi connectivity index (χ0v) is 12.0. The molecule has 1 aromatic carbocycles. The molecule has 0 saturated carbocycles. The Hall–Kier alpha value is -3.23. The van der Waals surface area contributed by atoms with Crippen molar-refractivity contribution in [3.63, 3.8) is 0 Å². The number of halogens is 3. The van der Waals surface area contributed by atoms with Crippen molar-refractivity contribution in [1.29, 1.82) is 0 Å². The van der Waals surface area contributed by atoms with Crippen molar-refractivity contribution in [2.24, 2.45) is 0 Å². The highest BCUT2D eigenvalue weighted by atomic mass is 19.4. The number of benzene rings is 1. The van der Waals surface area contributed by atoms with Crippen LogP contribution in [0.4, 0.5) is 24.7 Å². The molecule has 0 aliphatic heterocycles. The molecular formula is C15H9F3N6. The van der Waals surface area contributed by atoms with E-state index in [2.05, 4.69) is 30.5 Å². The predicted octanol–water partition coefficient (Wildman–Crippen LogP) is 3.66. The molecule has 3 heterocycles. The summed E-state index contributed by atoms with van der Waals surface area (Å²) in [7, 11) is 0. The first-order chi connectivity index (χ1) is 11.5. The van der Waals surface area contributed by atoms with Crippen LogP contribution in [0.1, 0.15) is 5.69 Å². The van der Waals surface area contributed by atoms with Gasteiger partial charge in [0.15, 0.2) is 17.0 Å². The fourth-order valence-corrected chi connectivity index (χ4v) is 2.46. The molecule has 2 N–H and O–H groups in total. The van der Waals surface area contributed by atoms with Crippen molar-refractivity contribution in [3.05, 3.63) is 48.5 Å². The molecule has 0 fully saturated rings. The summed E-state index contributed by atoms with van der Waals surface area (Å²) in [6.07, 6.45) is -0.297. The van der Waals surface area contributed by atoms with Crippen molar-refractivity contribution in [1.82, 2.24) is 25.1 Å². The highest BCUT2D eigenvalue weighted by Crippen LogP contribution is 2.34. The average molecular weight is 330 g/mol. The van der Waals surface area contributed by atoms with Gasteiger partial charge < -0.3 is 5.32 Å². The van der Waals surface area contributed by atoms with Gasteiger partial charge in [0.1, 0.15) is 0 Å². The van der Waals surface area contributed by atoms with Gasteiger partial charge in [-0.2, -0.15) is 18.3 Å². The van der Waals surface area contributed by atoms with Crippen LogP contribution in [0.25, 0.3) is 21.9 Å². The minimum atomic E-state index is -4.50. The zero-order chi connectivity index (χ0) is 16.7. The molecule has 0 bridgehead atoms. The predicted molar refractivity (Wildman–Crippen MR) is 81.7 cm³/mol. The summed E-state index contributed by atoms with van der Waals surface area (Å²) < 4.78 is 39.0. The van der Waals surface area contributed by atoms with E-state index in [-0.39, 0.29) is 5.39 Å². The molecule has 120 valence electrons. The van der Waals surface area contributed by atoms with Crippen LogP contribution < -0.4 is 5.32 Å². The lowest BCUT2D eigenvalue weighted by Crippen LogP contribution is -2.08.